The molecule has 2 aliphatic rings. The van der Waals surface area contributed by atoms with Gasteiger partial charge in [0.15, 0.2) is 6.71 Å². The summed E-state index contributed by atoms with van der Waals surface area (Å²) in [6.45, 7) is 10.4. The number of para-hydroxylation sites is 2. The van der Waals surface area contributed by atoms with E-state index < -0.39 is 16.1 Å². The summed E-state index contributed by atoms with van der Waals surface area (Å²) in [6.07, 6.45) is 3.64. The molecule has 9 rings (SSSR count). The smallest absolute Gasteiger partial charge is 0.190 e. The minimum absolute atomic E-state index is 0. The van der Waals surface area contributed by atoms with E-state index in [2.05, 4.69) is 114 Å². The Morgan fingerprint density at radius 3 is 1.83 bits per heavy atom. The maximum Gasteiger partial charge on any atom is 0.190 e. The Labute approximate surface area is 292 Å². The normalized spacial score (nSPS) is 14.5. The van der Waals surface area contributed by atoms with Crippen molar-refractivity contribution in [2.75, 3.05) is 0 Å². The summed E-state index contributed by atoms with van der Waals surface area (Å²) >= 11 is 0. The average Bonchev–Trinajstić information content (AvgIpc) is 3.54. The van der Waals surface area contributed by atoms with E-state index in [9.17, 15) is 0 Å². The number of fused-ring (bicyclic) bond motifs is 5. The Morgan fingerprint density at radius 2 is 1.19 bits per heavy atom. The summed E-state index contributed by atoms with van der Waals surface area (Å²) in [4.78, 5) is 17.7. The summed E-state index contributed by atoms with van der Waals surface area (Å²) < 4.78 is 0. The second-order valence-corrected chi connectivity index (χ2v) is 21.8. The Bertz CT molecular complexity index is 2120. The third kappa shape index (κ3) is 5.20. The van der Waals surface area contributed by atoms with E-state index in [0.29, 0.717) is 12.5 Å². The molecule has 0 unspecified atom stereocenters. The predicted octanol–water partition coefficient (Wildman–Crippen LogP) is 3.59. The molecule has 0 saturated heterocycles. The first-order chi connectivity index (χ1) is 22.3. The topological polar surface area (TPSA) is 52.8 Å². The van der Waals surface area contributed by atoms with Crippen molar-refractivity contribution >= 4 is 71.0 Å². The molecule has 47 heavy (non-hydrogen) atoms. The third-order valence-corrected chi connectivity index (χ3v) is 16.8. The third-order valence-electron chi connectivity index (χ3n) is 9.75. The van der Waals surface area contributed by atoms with Crippen molar-refractivity contribution in [1.82, 2.24) is 19.9 Å². The van der Waals surface area contributed by atoms with Crippen molar-refractivity contribution in [2.45, 2.75) is 26.2 Å². The van der Waals surface area contributed by atoms with Crippen LogP contribution in [-0.2, 0) is 20.1 Å². The van der Waals surface area contributed by atoms with Crippen LogP contribution in [0, 0.1) is 6.07 Å². The zero-order valence-electron chi connectivity index (χ0n) is 26.8. The molecule has 231 valence electrons. The number of hydrogen-bond donors (Lipinski definition) is 0. The van der Waals surface area contributed by atoms with Crippen molar-refractivity contribution in [3.05, 3.63) is 134 Å². The van der Waals surface area contributed by atoms with E-state index in [0.717, 1.165) is 28.0 Å². The molecule has 3 aromatic heterocycles. The molecule has 2 aliphatic heterocycles. The van der Waals surface area contributed by atoms with Crippen LogP contribution in [0.2, 0.25) is 26.2 Å². The van der Waals surface area contributed by atoms with Crippen molar-refractivity contribution in [3.63, 3.8) is 0 Å². The molecule has 4 aromatic carbocycles. The number of hydrogen-bond acceptors (Lipinski definition) is 3. The van der Waals surface area contributed by atoms with Crippen LogP contribution in [0.4, 0.5) is 0 Å². The molecule has 0 spiro atoms. The van der Waals surface area contributed by atoms with E-state index in [4.69, 9.17) is 4.98 Å². The van der Waals surface area contributed by atoms with Gasteiger partial charge in [0.2, 0.25) is 0 Å². The van der Waals surface area contributed by atoms with Gasteiger partial charge in [-0.25, -0.2) is 0 Å². The summed E-state index contributed by atoms with van der Waals surface area (Å²) in [5.41, 5.74) is 9.45. The maximum absolute atomic E-state index is 4.69. The maximum atomic E-state index is 4.69. The van der Waals surface area contributed by atoms with Crippen LogP contribution < -0.4 is 42.1 Å². The van der Waals surface area contributed by atoms with Gasteiger partial charge in [-0.05, 0) is 40.8 Å². The number of benzene rings is 4. The molecule has 0 atom stereocenters. The minimum Gasteiger partial charge on any atom is -0.434 e. The summed E-state index contributed by atoms with van der Waals surface area (Å²) in [5.74, 6) is 0.691. The number of pyridine rings is 2. The molecule has 5 heterocycles. The Balaban J connectivity index is 0.000000184. The van der Waals surface area contributed by atoms with Crippen LogP contribution in [0.15, 0.2) is 128 Å². The number of nitrogens with zero attached hydrogens (tertiary/aromatic N) is 4. The van der Waals surface area contributed by atoms with Crippen LogP contribution in [-0.4, -0.2) is 37.8 Å². The molecule has 0 aliphatic carbocycles. The van der Waals surface area contributed by atoms with Crippen LogP contribution >= 0.6 is 0 Å². The summed E-state index contributed by atoms with van der Waals surface area (Å²) in [7, 11) is -3.76. The van der Waals surface area contributed by atoms with Crippen LogP contribution in [0.1, 0.15) is 0 Å². The van der Waals surface area contributed by atoms with E-state index in [1.54, 1.807) is 27.2 Å². The first-order valence-electron chi connectivity index (χ1n) is 15.9. The van der Waals surface area contributed by atoms with E-state index in [-0.39, 0.29) is 20.1 Å². The van der Waals surface area contributed by atoms with Crippen LogP contribution in [0.5, 0.6) is 0 Å². The van der Waals surface area contributed by atoms with Crippen molar-refractivity contribution < 1.29 is 20.1 Å². The van der Waals surface area contributed by atoms with Gasteiger partial charge in [0.1, 0.15) is 0 Å². The van der Waals surface area contributed by atoms with E-state index >= 15 is 0 Å². The van der Waals surface area contributed by atoms with Crippen LogP contribution in [0.3, 0.4) is 0 Å². The largest absolute Gasteiger partial charge is 0.434 e. The number of rotatable bonds is 2. The average molecular weight is 817 g/mol. The molecular formula is C39H33BIrN4Si2-2. The van der Waals surface area contributed by atoms with E-state index in [1.165, 1.54) is 16.1 Å². The predicted molar refractivity (Wildman–Crippen MR) is 198 cm³/mol. The minimum atomic E-state index is -1.90. The molecule has 4 nitrogen and oxygen atoms in total. The summed E-state index contributed by atoms with van der Waals surface area (Å²) in [6, 6.07) is 44.5. The van der Waals surface area contributed by atoms with Gasteiger partial charge in [0, 0.05) is 32.5 Å². The Kier molecular flexibility index (Phi) is 8.09. The molecule has 0 saturated carbocycles. The second kappa shape index (κ2) is 12.1. The fraction of sp³-hybridized carbons (Fsp3) is 0.103. The van der Waals surface area contributed by atoms with Gasteiger partial charge in [0.25, 0.3) is 0 Å². The second-order valence-electron chi connectivity index (χ2n) is 13.2. The van der Waals surface area contributed by atoms with Gasteiger partial charge < -0.3 is 15.0 Å². The first-order valence-corrected chi connectivity index (χ1v) is 21.9. The molecule has 1 radical (unpaired) electrons. The quantitative estimate of drug-likeness (QED) is 0.198. The van der Waals surface area contributed by atoms with Crippen molar-refractivity contribution in [1.29, 1.82) is 0 Å². The van der Waals surface area contributed by atoms with Crippen molar-refractivity contribution in [2.24, 2.45) is 0 Å². The van der Waals surface area contributed by atoms with Crippen molar-refractivity contribution in [3.8, 4) is 22.8 Å². The molecule has 0 bridgehead atoms. The van der Waals surface area contributed by atoms with Gasteiger partial charge in [-0.15, -0.1) is 33.5 Å². The van der Waals surface area contributed by atoms with Gasteiger partial charge in [-0.2, -0.15) is 0 Å². The van der Waals surface area contributed by atoms with E-state index in [1.807, 2.05) is 54.7 Å². The Hall–Kier alpha value is -4.20. The zero-order valence-corrected chi connectivity index (χ0v) is 31.2. The zero-order chi connectivity index (χ0) is 31.5. The fourth-order valence-electron chi connectivity index (χ4n) is 7.47. The number of aromatic nitrogens is 4. The molecule has 7 aromatic rings. The monoisotopic (exact) mass is 817 g/mol. The molecule has 0 N–H and O–H groups in total. The number of imidazole rings is 1. The van der Waals surface area contributed by atoms with Gasteiger partial charge >= 0.3 is 0 Å². The SMILES string of the molecule is C[Si]1(C)c2[c-]c(-c3ccccn3)cc3c2B(c2ccccc21)c1ccccc1[Si]3(C)C.[Ir].c1ccc(-c2nc3ccccc3[n-]2)nc1. The van der Waals surface area contributed by atoms with Gasteiger partial charge in [-0.3, -0.25) is 4.98 Å². The molecular weight excluding hydrogens is 784 g/mol. The van der Waals surface area contributed by atoms with Crippen LogP contribution in [0.25, 0.3) is 33.8 Å². The Morgan fingerprint density at radius 1 is 0.617 bits per heavy atom. The molecule has 8 heteroatoms. The van der Waals surface area contributed by atoms with Gasteiger partial charge in [0.05, 0.1) is 21.8 Å². The molecule has 0 fully saturated rings. The standard InChI is InChI=1S/C27H25BNSi2.C12H8N3.Ir/c1-30(2)23-14-7-5-11-20(23)28-21-12-6-8-15-24(21)31(3,4)26-18-19(17-25(30)27(26)28)22-13-9-10-16-29-22;1-2-6-10-9(5-1)14-12(15-10)11-7-3-4-8-13-11;/h5-17H,1-4H3;1-8H;/q2*-1;. The summed E-state index contributed by atoms with van der Waals surface area (Å²) in [5, 5.41) is 6.21. The fourth-order valence-corrected chi connectivity index (χ4v) is 13.9. The van der Waals surface area contributed by atoms with Gasteiger partial charge in [-0.1, -0.05) is 138 Å². The molecule has 0 amide bonds. The first kappa shape index (κ1) is 31.4.